The molecule has 0 aliphatic carbocycles. The van der Waals surface area contributed by atoms with E-state index in [0.29, 0.717) is 0 Å². The van der Waals surface area contributed by atoms with Gasteiger partial charge >= 0.3 is 0 Å². The number of para-hydroxylation sites is 2. The SMILES string of the molecule is CCn1c2ccccc2c2cc(-c3cccc4c(-c5ccc(CN(c6ccccc6)c6ccc(-c7ccccc7)cc6)cc5)cccc34)ccc21. The fourth-order valence-electron chi connectivity index (χ4n) is 7.75. The van der Waals surface area contributed by atoms with Crippen molar-refractivity contribution in [2.24, 2.45) is 0 Å². The Balaban J connectivity index is 1.04. The van der Waals surface area contributed by atoms with Gasteiger partial charge in [-0.3, -0.25) is 0 Å². The van der Waals surface area contributed by atoms with Crippen molar-refractivity contribution in [1.82, 2.24) is 4.57 Å². The van der Waals surface area contributed by atoms with Crippen LogP contribution in [-0.2, 0) is 13.1 Å². The summed E-state index contributed by atoms with van der Waals surface area (Å²) in [6, 6.07) is 68.5. The molecule has 0 aliphatic heterocycles. The molecular weight excluding hydrogens is 617 g/mol. The molecule has 0 amide bonds. The van der Waals surface area contributed by atoms with Crippen molar-refractivity contribution in [2.75, 3.05) is 4.90 Å². The van der Waals surface area contributed by atoms with E-state index in [1.807, 2.05) is 0 Å². The number of fused-ring (bicyclic) bond motifs is 4. The van der Waals surface area contributed by atoms with Gasteiger partial charge in [0.15, 0.2) is 0 Å². The Bertz CT molecular complexity index is 2620. The van der Waals surface area contributed by atoms with Crippen molar-refractivity contribution in [3.05, 3.63) is 194 Å². The first-order valence-electron chi connectivity index (χ1n) is 17.9. The number of hydrogen-bond donors (Lipinski definition) is 0. The van der Waals surface area contributed by atoms with Gasteiger partial charge in [0, 0.05) is 46.3 Å². The van der Waals surface area contributed by atoms with Gasteiger partial charge in [0.25, 0.3) is 0 Å². The van der Waals surface area contributed by atoms with Crippen molar-refractivity contribution < 1.29 is 0 Å². The van der Waals surface area contributed by atoms with Crippen molar-refractivity contribution in [3.8, 4) is 33.4 Å². The van der Waals surface area contributed by atoms with Crippen LogP contribution in [0, 0.1) is 0 Å². The molecule has 2 nitrogen and oxygen atoms in total. The van der Waals surface area contributed by atoms with E-state index in [9.17, 15) is 0 Å². The van der Waals surface area contributed by atoms with Crippen LogP contribution in [-0.4, -0.2) is 4.57 Å². The Morgan fingerprint density at radius 1 is 0.392 bits per heavy atom. The molecule has 0 bridgehead atoms. The summed E-state index contributed by atoms with van der Waals surface area (Å²) < 4.78 is 2.42. The molecule has 0 fully saturated rings. The van der Waals surface area contributed by atoms with Crippen LogP contribution >= 0.6 is 0 Å². The number of rotatable bonds is 8. The molecule has 9 rings (SSSR count). The highest BCUT2D eigenvalue weighted by Gasteiger charge is 2.15. The number of anilines is 2. The third kappa shape index (κ3) is 5.65. The summed E-state index contributed by atoms with van der Waals surface area (Å²) in [5.74, 6) is 0. The molecule has 0 saturated heterocycles. The minimum absolute atomic E-state index is 0.769. The summed E-state index contributed by atoms with van der Waals surface area (Å²) in [6.45, 7) is 3.94. The van der Waals surface area contributed by atoms with Gasteiger partial charge in [-0.05, 0) is 99.1 Å². The van der Waals surface area contributed by atoms with E-state index in [4.69, 9.17) is 0 Å². The lowest BCUT2D eigenvalue weighted by Crippen LogP contribution is -2.16. The summed E-state index contributed by atoms with van der Waals surface area (Å²) >= 11 is 0. The highest BCUT2D eigenvalue weighted by molar-refractivity contribution is 6.11. The minimum atomic E-state index is 0.769. The average molecular weight is 655 g/mol. The van der Waals surface area contributed by atoms with Gasteiger partial charge in [0.05, 0.1) is 0 Å². The number of benzene rings is 8. The topological polar surface area (TPSA) is 8.17 Å². The van der Waals surface area contributed by atoms with Crippen LogP contribution < -0.4 is 4.90 Å². The third-order valence-corrected chi connectivity index (χ3v) is 10.3. The van der Waals surface area contributed by atoms with Gasteiger partial charge in [-0.1, -0.05) is 146 Å². The largest absolute Gasteiger partial charge is 0.341 e. The molecule has 51 heavy (non-hydrogen) atoms. The lowest BCUT2D eigenvalue weighted by Gasteiger charge is -2.26. The van der Waals surface area contributed by atoms with E-state index in [1.54, 1.807) is 0 Å². The smallest absolute Gasteiger partial charge is 0.0491 e. The van der Waals surface area contributed by atoms with Crippen molar-refractivity contribution in [2.45, 2.75) is 20.0 Å². The van der Waals surface area contributed by atoms with Crippen molar-refractivity contribution >= 4 is 44.0 Å². The maximum absolute atomic E-state index is 2.42. The highest BCUT2D eigenvalue weighted by Crippen LogP contribution is 2.38. The molecule has 0 unspecified atom stereocenters. The summed E-state index contributed by atoms with van der Waals surface area (Å²) in [4.78, 5) is 2.39. The molecular formula is C49H38N2. The molecule has 0 saturated carbocycles. The van der Waals surface area contributed by atoms with Crippen LogP contribution in [0.4, 0.5) is 11.4 Å². The molecule has 0 aliphatic rings. The average Bonchev–Trinajstić information content (AvgIpc) is 3.53. The van der Waals surface area contributed by atoms with Crippen LogP contribution in [0.1, 0.15) is 12.5 Å². The molecule has 0 radical (unpaired) electrons. The Hall–Kier alpha value is -6.38. The predicted molar refractivity (Wildman–Crippen MR) is 218 cm³/mol. The zero-order chi connectivity index (χ0) is 34.1. The normalized spacial score (nSPS) is 11.4. The molecule has 0 N–H and O–H groups in total. The van der Waals surface area contributed by atoms with Crippen LogP contribution in [0.25, 0.3) is 66.0 Å². The van der Waals surface area contributed by atoms with Gasteiger partial charge in [-0.25, -0.2) is 0 Å². The Labute approximate surface area is 299 Å². The van der Waals surface area contributed by atoms with Gasteiger partial charge in [0.1, 0.15) is 0 Å². The summed E-state index contributed by atoms with van der Waals surface area (Å²) in [5, 5.41) is 5.16. The van der Waals surface area contributed by atoms with Crippen LogP contribution in [0.2, 0.25) is 0 Å². The van der Waals surface area contributed by atoms with E-state index in [0.717, 1.165) is 13.1 Å². The number of aryl methyl sites for hydroxylation is 1. The predicted octanol–water partition coefficient (Wildman–Crippen LogP) is 13.3. The van der Waals surface area contributed by atoms with Crippen LogP contribution in [0.5, 0.6) is 0 Å². The lowest BCUT2D eigenvalue weighted by molar-refractivity contribution is 0.827. The second kappa shape index (κ2) is 13.2. The Kier molecular flexibility index (Phi) is 7.91. The molecule has 8 aromatic carbocycles. The van der Waals surface area contributed by atoms with Gasteiger partial charge in [0.2, 0.25) is 0 Å². The fraction of sp³-hybridized carbons (Fsp3) is 0.0612. The van der Waals surface area contributed by atoms with Gasteiger partial charge < -0.3 is 9.47 Å². The zero-order valence-electron chi connectivity index (χ0n) is 28.7. The second-order valence-corrected chi connectivity index (χ2v) is 13.2. The number of hydrogen-bond acceptors (Lipinski definition) is 1. The van der Waals surface area contributed by atoms with Gasteiger partial charge in [-0.15, -0.1) is 0 Å². The summed E-state index contributed by atoms with van der Waals surface area (Å²) in [7, 11) is 0. The van der Waals surface area contributed by atoms with Crippen molar-refractivity contribution in [1.29, 1.82) is 0 Å². The standard InChI is InChI=1S/C49H38N2/c1-2-50-48-22-10-9-17-46(48)47-33-39(29-32-49(47)50)43-19-12-20-44-42(18-11-21-45(43)44)38-25-23-35(24-26-38)34-51(40-15-7-4-8-16-40)41-30-27-37(28-31-41)36-13-5-3-6-14-36/h3-33H,2,34H2,1H3. The highest BCUT2D eigenvalue weighted by atomic mass is 15.1. The Morgan fingerprint density at radius 3 is 1.63 bits per heavy atom. The summed E-state index contributed by atoms with van der Waals surface area (Å²) in [6.07, 6.45) is 0. The molecule has 2 heteroatoms. The third-order valence-electron chi connectivity index (χ3n) is 10.3. The maximum Gasteiger partial charge on any atom is 0.0491 e. The molecule has 9 aromatic rings. The number of aromatic nitrogens is 1. The molecule has 1 aromatic heterocycles. The first-order chi connectivity index (χ1) is 25.2. The Morgan fingerprint density at radius 2 is 0.922 bits per heavy atom. The zero-order valence-corrected chi connectivity index (χ0v) is 28.7. The maximum atomic E-state index is 2.42. The van der Waals surface area contributed by atoms with E-state index >= 15 is 0 Å². The molecule has 244 valence electrons. The van der Waals surface area contributed by atoms with Crippen molar-refractivity contribution in [3.63, 3.8) is 0 Å². The quantitative estimate of drug-likeness (QED) is 0.158. The first-order valence-corrected chi connectivity index (χ1v) is 17.9. The van der Waals surface area contributed by atoms with Gasteiger partial charge in [-0.2, -0.15) is 0 Å². The number of nitrogens with zero attached hydrogens (tertiary/aromatic N) is 2. The lowest BCUT2D eigenvalue weighted by atomic mass is 9.92. The van der Waals surface area contributed by atoms with E-state index in [-0.39, 0.29) is 0 Å². The van der Waals surface area contributed by atoms with E-state index in [2.05, 4.69) is 204 Å². The molecule has 0 atom stereocenters. The van der Waals surface area contributed by atoms with E-state index in [1.165, 1.54) is 82.9 Å². The minimum Gasteiger partial charge on any atom is -0.341 e. The molecule has 0 spiro atoms. The first kappa shape index (κ1) is 30.7. The van der Waals surface area contributed by atoms with Crippen LogP contribution in [0.3, 0.4) is 0 Å². The van der Waals surface area contributed by atoms with E-state index < -0.39 is 0 Å². The van der Waals surface area contributed by atoms with Crippen LogP contribution in [0.15, 0.2) is 188 Å². The molecule has 1 heterocycles. The monoisotopic (exact) mass is 654 g/mol. The summed E-state index contributed by atoms with van der Waals surface area (Å²) in [5.41, 5.74) is 13.6. The second-order valence-electron chi connectivity index (χ2n) is 13.2. The fourth-order valence-corrected chi connectivity index (χ4v) is 7.75.